The molecule has 2 aromatic rings. The van der Waals surface area contributed by atoms with E-state index in [1.807, 2.05) is 26.0 Å². The maximum absolute atomic E-state index is 5.84. The highest BCUT2D eigenvalue weighted by Gasteiger charge is 2.07. The molecule has 0 atom stereocenters. The predicted molar refractivity (Wildman–Crippen MR) is 74.1 cm³/mol. The first-order valence-corrected chi connectivity index (χ1v) is 5.95. The average Bonchev–Trinajstić information content (AvgIpc) is 2.30. The summed E-state index contributed by atoms with van der Waals surface area (Å²) in [6, 6.07) is 6.02. The van der Waals surface area contributed by atoms with Crippen molar-refractivity contribution in [2.75, 3.05) is 5.73 Å². The third kappa shape index (κ3) is 2.45. The molecule has 18 heavy (non-hydrogen) atoms. The molecule has 0 saturated carbocycles. The van der Waals surface area contributed by atoms with Gasteiger partial charge in [0.15, 0.2) is 0 Å². The van der Waals surface area contributed by atoms with Gasteiger partial charge in [-0.15, -0.1) is 0 Å². The Balaban J connectivity index is 2.36. The number of nitrogen functional groups attached to an aromatic ring is 1. The lowest BCUT2D eigenvalue weighted by molar-refractivity contribution is 0.458. The van der Waals surface area contributed by atoms with Gasteiger partial charge in [0.25, 0.3) is 0 Å². The number of nitrogens with two attached hydrogens (primary N) is 1. The molecule has 3 heteroatoms. The highest BCUT2D eigenvalue weighted by Crippen LogP contribution is 2.28. The van der Waals surface area contributed by atoms with Crippen molar-refractivity contribution in [2.45, 2.75) is 27.7 Å². The zero-order valence-corrected chi connectivity index (χ0v) is 11.2. The van der Waals surface area contributed by atoms with Gasteiger partial charge in [0.05, 0.1) is 11.9 Å². The molecular weight excluding hydrogens is 224 g/mol. The smallest absolute Gasteiger partial charge is 0.219 e. The minimum absolute atomic E-state index is 0.579. The molecule has 0 aliphatic heterocycles. The zero-order chi connectivity index (χ0) is 13.3. The van der Waals surface area contributed by atoms with Gasteiger partial charge in [-0.25, -0.2) is 4.98 Å². The summed E-state index contributed by atoms with van der Waals surface area (Å²) in [5.41, 5.74) is 10.9. The van der Waals surface area contributed by atoms with E-state index in [0.717, 1.165) is 16.9 Å². The van der Waals surface area contributed by atoms with E-state index in [2.05, 4.69) is 24.9 Å². The minimum Gasteiger partial charge on any atom is -0.439 e. The van der Waals surface area contributed by atoms with Gasteiger partial charge in [-0.1, -0.05) is 6.07 Å². The van der Waals surface area contributed by atoms with Crippen LogP contribution in [0.5, 0.6) is 11.6 Å². The first-order chi connectivity index (χ1) is 8.47. The minimum atomic E-state index is 0.579. The quantitative estimate of drug-likeness (QED) is 0.873. The van der Waals surface area contributed by atoms with Crippen LogP contribution < -0.4 is 10.5 Å². The Bertz CT molecular complexity index is 591. The summed E-state index contributed by atoms with van der Waals surface area (Å²) in [5.74, 6) is 1.43. The van der Waals surface area contributed by atoms with E-state index in [1.165, 1.54) is 11.1 Å². The molecule has 0 amide bonds. The summed E-state index contributed by atoms with van der Waals surface area (Å²) in [4.78, 5) is 4.19. The number of anilines is 1. The van der Waals surface area contributed by atoms with E-state index in [1.54, 1.807) is 6.20 Å². The van der Waals surface area contributed by atoms with E-state index in [0.29, 0.717) is 11.6 Å². The summed E-state index contributed by atoms with van der Waals surface area (Å²) in [6.07, 6.45) is 1.63. The highest BCUT2D eigenvalue weighted by molar-refractivity contribution is 5.47. The molecule has 1 aromatic heterocycles. The third-order valence-electron chi connectivity index (χ3n) is 3.10. The molecule has 3 nitrogen and oxygen atoms in total. The first-order valence-electron chi connectivity index (χ1n) is 5.95. The maximum atomic E-state index is 5.84. The zero-order valence-electron chi connectivity index (χ0n) is 11.2. The number of hydrogen-bond acceptors (Lipinski definition) is 3. The van der Waals surface area contributed by atoms with Crippen LogP contribution in [0.15, 0.2) is 24.4 Å². The summed E-state index contributed by atoms with van der Waals surface area (Å²) in [6.45, 7) is 8.13. The predicted octanol–water partition coefficient (Wildman–Crippen LogP) is 3.69. The number of rotatable bonds is 2. The molecule has 94 valence electrons. The molecule has 0 bridgehead atoms. The molecule has 1 aromatic carbocycles. The van der Waals surface area contributed by atoms with Crippen LogP contribution in [-0.4, -0.2) is 4.98 Å². The summed E-state index contributed by atoms with van der Waals surface area (Å²) in [7, 11) is 0. The molecule has 0 radical (unpaired) electrons. The molecule has 2 rings (SSSR count). The van der Waals surface area contributed by atoms with Crippen LogP contribution in [0.2, 0.25) is 0 Å². The van der Waals surface area contributed by atoms with E-state index in [4.69, 9.17) is 10.5 Å². The lowest BCUT2D eigenvalue weighted by Gasteiger charge is -2.12. The molecule has 0 aliphatic rings. The number of pyridine rings is 1. The van der Waals surface area contributed by atoms with Gasteiger partial charge in [0, 0.05) is 6.07 Å². The van der Waals surface area contributed by atoms with Crippen LogP contribution in [0.1, 0.15) is 22.3 Å². The normalized spacial score (nSPS) is 10.4. The number of benzene rings is 1. The van der Waals surface area contributed by atoms with Crippen molar-refractivity contribution in [3.8, 4) is 11.6 Å². The second-order valence-electron chi connectivity index (χ2n) is 4.69. The van der Waals surface area contributed by atoms with Gasteiger partial charge in [0.2, 0.25) is 5.88 Å². The second-order valence-corrected chi connectivity index (χ2v) is 4.69. The van der Waals surface area contributed by atoms with Crippen molar-refractivity contribution < 1.29 is 4.74 Å². The Morgan fingerprint density at radius 1 is 1.00 bits per heavy atom. The molecule has 0 spiro atoms. The van der Waals surface area contributed by atoms with Gasteiger partial charge >= 0.3 is 0 Å². The Labute approximate surface area is 108 Å². The van der Waals surface area contributed by atoms with Crippen molar-refractivity contribution in [3.05, 3.63) is 46.6 Å². The fourth-order valence-corrected chi connectivity index (χ4v) is 1.82. The summed E-state index contributed by atoms with van der Waals surface area (Å²) in [5, 5.41) is 0. The number of hydrogen-bond donors (Lipinski definition) is 1. The Morgan fingerprint density at radius 2 is 1.72 bits per heavy atom. The number of nitrogens with zero attached hydrogens (tertiary/aromatic N) is 1. The van der Waals surface area contributed by atoms with E-state index in [-0.39, 0.29) is 0 Å². The van der Waals surface area contributed by atoms with Crippen LogP contribution >= 0.6 is 0 Å². The van der Waals surface area contributed by atoms with Crippen LogP contribution in [0, 0.1) is 27.7 Å². The molecule has 1 heterocycles. The van der Waals surface area contributed by atoms with E-state index >= 15 is 0 Å². The summed E-state index contributed by atoms with van der Waals surface area (Å²) >= 11 is 0. The standard InChI is InChI=1S/C15H18N2O/c1-9-5-10(2)12(4)14(6-9)18-15-7-11(3)13(16)8-17-15/h5-8H,16H2,1-4H3. The SMILES string of the molecule is Cc1cc(C)c(C)c(Oc2cc(C)c(N)cn2)c1. The highest BCUT2D eigenvalue weighted by atomic mass is 16.5. The Morgan fingerprint density at radius 3 is 2.39 bits per heavy atom. The van der Waals surface area contributed by atoms with Crippen LogP contribution in [0.3, 0.4) is 0 Å². The van der Waals surface area contributed by atoms with Crippen LogP contribution in [0.25, 0.3) is 0 Å². The van der Waals surface area contributed by atoms with Crippen LogP contribution in [0.4, 0.5) is 5.69 Å². The fraction of sp³-hybridized carbons (Fsp3) is 0.267. The molecular formula is C15H18N2O. The van der Waals surface area contributed by atoms with Gasteiger partial charge in [0.1, 0.15) is 5.75 Å². The van der Waals surface area contributed by atoms with Crippen molar-refractivity contribution >= 4 is 5.69 Å². The average molecular weight is 242 g/mol. The number of aryl methyl sites for hydroxylation is 3. The third-order valence-corrected chi connectivity index (χ3v) is 3.10. The second kappa shape index (κ2) is 4.69. The topological polar surface area (TPSA) is 48.1 Å². The number of ether oxygens (including phenoxy) is 1. The van der Waals surface area contributed by atoms with Gasteiger partial charge in [-0.3, -0.25) is 0 Å². The first kappa shape index (κ1) is 12.4. The maximum Gasteiger partial charge on any atom is 0.219 e. The van der Waals surface area contributed by atoms with Gasteiger partial charge in [-0.05, 0) is 56.0 Å². The number of aromatic nitrogens is 1. The van der Waals surface area contributed by atoms with Crippen molar-refractivity contribution in [1.29, 1.82) is 0 Å². The van der Waals surface area contributed by atoms with E-state index < -0.39 is 0 Å². The molecule has 0 unspecified atom stereocenters. The molecule has 0 fully saturated rings. The Kier molecular flexibility index (Phi) is 3.24. The molecule has 0 saturated heterocycles. The lowest BCUT2D eigenvalue weighted by atomic mass is 10.1. The van der Waals surface area contributed by atoms with Crippen molar-refractivity contribution in [1.82, 2.24) is 4.98 Å². The Hall–Kier alpha value is -2.03. The molecule has 2 N–H and O–H groups in total. The molecule has 0 aliphatic carbocycles. The van der Waals surface area contributed by atoms with Gasteiger partial charge in [-0.2, -0.15) is 0 Å². The van der Waals surface area contributed by atoms with Crippen molar-refractivity contribution in [3.63, 3.8) is 0 Å². The largest absolute Gasteiger partial charge is 0.439 e. The van der Waals surface area contributed by atoms with Crippen LogP contribution in [-0.2, 0) is 0 Å². The lowest BCUT2D eigenvalue weighted by Crippen LogP contribution is -1.96. The summed E-state index contributed by atoms with van der Waals surface area (Å²) < 4.78 is 5.84. The van der Waals surface area contributed by atoms with Gasteiger partial charge < -0.3 is 10.5 Å². The monoisotopic (exact) mass is 242 g/mol. The van der Waals surface area contributed by atoms with Crippen molar-refractivity contribution in [2.24, 2.45) is 0 Å². The fourth-order valence-electron chi connectivity index (χ4n) is 1.82. The van der Waals surface area contributed by atoms with E-state index in [9.17, 15) is 0 Å².